The van der Waals surface area contributed by atoms with E-state index in [1.165, 1.54) is 16.8 Å². The van der Waals surface area contributed by atoms with E-state index in [9.17, 15) is 9.90 Å². The molecular formula is C19H18BrNO2. The molecule has 0 saturated heterocycles. The lowest BCUT2D eigenvalue weighted by atomic mass is 9.72. The Morgan fingerprint density at radius 1 is 1.13 bits per heavy atom. The molecule has 0 bridgehead atoms. The molecule has 2 aliphatic carbocycles. The first-order valence-corrected chi connectivity index (χ1v) is 9.10. The molecule has 4 aliphatic rings. The van der Waals surface area contributed by atoms with Crippen LogP contribution in [0.15, 0.2) is 40.9 Å². The summed E-state index contributed by atoms with van der Waals surface area (Å²) in [4.78, 5) is 14.3. The number of hydrogen-bond acceptors (Lipinski definition) is 2. The van der Waals surface area contributed by atoms with Crippen molar-refractivity contribution in [2.75, 3.05) is 11.4 Å². The summed E-state index contributed by atoms with van der Waals surface area (Å²) in [5, 5.41) is 9.93. The van der Waals surface area contributed by atoms with Crippen molar-refractivity contribution in [2.24, 2.45) is 11.8 Å². The first kappa shape index (κ1) is 13.8. The molecule has 118 valence electrons. The van der Waals surface area contributed by atoms with Crippen molar-refractivity contribution in [3.05, 3.63) is 52.0 Å². The third-order valence-corrected chi connectivity index (χ3v) is 6.53. The molecule has 1 aromatic carbocycles. The highest BCUT2D eigenvalue weighted by Crippen LogP contribution is 2.55. The molecule has 0 aromatic heterocycles. The van der Waals surface area contributed by atoms with Gasteiger partial charge >= 0.3 is 5.97 Å². The average molecular weight is 372 g/mol. The second-order valence-corrected chi connectivity index (χ2v) is 8.09. The highest BCUT2D eigenvalue weighted by Gasteiger charge is 2.49. The molecule has 2 heterocycles. The van der Waals surface area contributed by atoms with Crippen molar-refractivity contribution in [1.29, 1.82) is 0 Å². The third kappa shape index (κ3) is 1.78. The number of nitrogens with zero attached hydrogens (tertiary/aromatic N) is 1. The van der Waals surface area contributed by atoms with Crippen LogP contribution in [0.4, 0.5) is 5.69 Å². The molecule has 0 fully saturated rings. The molecule has 0 amide bonds. The zero-order valence-electron chi connectivity index (χ0n) is 12.7. The number of halogens is 1. The maximum Gasteiger partial charge on any atom is 0.326 e. The zero-order valence-corrected chi connectivity index (χ0v) is 14.2. The molecule has 5 atom stereocenters. The Balaban J connectivity index is 1.78. The summed E-state index contributed by atoms with van der Waals surface area (Å²) < 4.78 is 1.11. The van der Waals surface area contributed by atoms with Gasteiger partial charge in [-0.15, -0.1) is 0 Å². The van der Waals surface area contributed by atoms with Gasteiger partial charge in [-0.05, 0) is 42.0 Å². The number of hydrogen-bond donors (Lipinski definition) is 1. The molecule has 2 aliphatic heterocycles. The van der Waals surface area contributed by atoms with E-state index >= 15 is 0 Å². The fourth-order valence-electron chi connectivity index (χ4n) is 5.21. The van der Waals surface area contributed by atoms with Gasteiger partial charge in [0.25, 0.3) is 0 Å². The lowest BCUT2D eigenvalue weighted by Gasteiger charge is -2.49. The van der Waals surface area contributed by atoms with Crippen LogP contribution in [0.5, 0.6) is 0 Å². The molecule has 0 radical (unpaired) electrons. The number of carbonyl (C=O) groups is 1. The summed E-state index contributed by atoms with van der Waals surface area (Å²) in [5.74, 6) is 0.674. The van der Waals surface area contributed by atoms with Gasteiger partial charge in [-0.3, -0.25) is 0 Å². The molecule has 0 saturated carbocycles. The minimum atomic E-state index is -0.673. The number of fused-ring (bicyclic) bond motifs is 4. The zero-order chi connectivity index (χ0) is 15.7. The van der Waals surface area contributed by atoms with Gasteiger partial charge in [0.2, 0.25) is 0 Å². The third-order valence-electron chi connectivity index (χ3n) is 6.07. The maximum absolute atomic E-state index is 12.1. The minimum absolute atomic E-state index is 0.160. The van der Waals surface area contributed by atoms with E-state index in [4.69, 9.17) is 0 Å². The van der Waals surface area contributed by atoms with Crippen molar-refractivity contribution in [2.45, 2.75) is 30.7 Å². The monoisotopic (exact) mass is 371 g/mol. The van der Waals surface area contributed by atoms with Gasteiger partial charge in [0.15, 0.2) is 0 Å². The SMILES string of the molecule is O=C(O)[C@@H]1[C@@H]2CC=C[C@@H]2c2cc(Br)cc3c2N1C[C@@H]1CC=C[C@H]31. The van der Waals surface area contributed by atoms with E-state index < -0.39 is 12.0 Å². The number of carboxylic acid groups (broad SMARTS) is 1. The van der Waals surface area contributed by atoms with Crippen LogP contribution in [-0.2, 0) is 4.79 Å². The fourth-order valence-corrected chi connectivity index (χ4v) is 5.70. The first-order valence-electron chi connectivity index (χ1n) is 8.31. The summed E-state index contributed by atoms with van der Waals surface area (Å²) >= 11 is 3.68. The summed E-state index contributed by atoms with van der Waals surface area (Å²) in [6, 6.07) is 4.01. The van der Waals surface area contributed by atoms with Crippen molar-refractivity contribution in [3.8, 4) is 0 Å². The highest BCUT2D eigenvalue weighted by molar-refractivity contribution is 9.10. The van der Waals surface area contributed by atoms with Gasteiger partial charge < -0.3 is 10.0 Å². The Labute approximate surface area is 143 Å². The van der Waals surface area contributed by atoms with E-state index in [2.05, 4.69) is 57.3 Å². The maximum atomic E-state index is 12.1. The highest BCUT2D eigenvalue weighted by atomic mass is 79.9. The van der Waals surface area contributed by atoms with Crippen LogP contribution in [0.3, 0.4) is 0 Å². The van der Waals surface area contributed by atoms with Crippen molar-refractivity contribution in [3.63, 3.8) is 0 Å². The number of benzene rings is 1. The number of anilines is 1. The average Bonchev–Trinajstić information content (AvgIpc) is 3.15. The largest absolute Gasteiger partial charge is 0.480 e. The van der Waals surface area contributed by atoms with Gasteiger partial charge in [0.05, 0.1) is 0 Å². The quantitative estimate of drug-likeness (QED) is 0.756. The van der Waals surface area contributed by atoms with Crippen LogP contribution in [0.1, 0.15) is 35.8 Å². The van der Waals surface area contributed by atoms with E-state index in [1.54, 1.807) is 0 Å². The molecule has 4 heteroatoms. The molecule has 23 heavy (non-hydrogen) atoms. The molecule has 0 spiro atoms. The van der Waals surface area contributed by atoms with Crippen LogP contribution >= 0.6 is 15.9 Å². The van der Waals surface area contributed by atoms with E-state index in [0.717, 1.165) is 23.9 Å². The first-order chi connectivity index (χ1) is 11.1. The van der Waals surface area contributed by atoms with Crippen LogP contribution < -0.4 is 4.90 Å². The predicted molar refractivity (Wildman–Crippen MR) is 92.9 cm³/mol. The van der Waals surface area contributed by atoms with Crippen LogP contribution in [0, 0.1) is 11.8 Å². The fraction of sp³-hybridized carbons (Fsp3) is 0.421. The molecule has 3 nitrogen and oxygen atoms in total. The van der Waals surface area contributed by atoms with Crippen LogP contribution in [0.2, 0.25) is 0 Å². The normalized spacial score (nSPS) is 35.9. The summed E-state index contributed by atoms with van der Waals surface area (Å²) in [5.41, 5.74) is 3.81. The molecule has 5 rings (SSSR count). The van der Waals surface area contributed by atoms with Crippen molar-refractivity contribution >= 4 is 27.6 Å². The Bertz CT molecular complexity index is 752. The molecule has 1 N–H and O–H groups in total. The lowest BCUT2D eigenvalue weighted by Crippen LogP contribution is -2.54. The Kier molecular flexibility index (Phi) is 2.85. The smallest absolute Gasteiger partial charge is 0.326 e. The van der Waals surface area contributed by atoms with E-state index in [1.807, 2.05) is 0 Å². The lowest BCUT2D eigenvalue weighted by molar-refractivity contribution is -0.140. The Morgan fingerprint density at radius 3 is 2.61 bits per heavy atom. The van der Waals surface area contributed by atoms with Crippen LogP contribution in [0.25, 0.3) is 0 Å². The Morgan fingerprint density at radius 2 is 1.83 bits per heavy atom. The number of allylic oxidation sites excluding steroid dienone is 4. The number of rotatable bonds is 1. The van der Waals surface area contributed by atoms with Crippen molar-refractivity contribution < 1.29 is 9.90 Å². The molecular weight excluding hydrogens is 354 g/mol. The van der Waals surface area contributed by atoms with E-state index in [-0.39, 0.29) is 11.8 Å². The van der Waals surface area contributed by atoms with Gasteiger partial charge in [-0.1, -0.05) is 40.2 Å². The Hall–Kier alpha value is -1.55. The second-order valence-electron chi connectivity index (χ2n) is 7.17. The molecule has 0 unspecified atom stereocenters. The van der Waals surface area contributed by atoms with Crippen LogP contribution in [-0.4, -0.2) is 23.7 Å². The van der Waals surface area contributed by atoms with Gasteiger partial charge in [-0.25, -0.2) is 4.79 Å². The standard InChI is InChI=1S/C19H18BrNO2/c20-11-7-15-12-4-1-3-10(12)9-21-17(15)16(8-11)13-5-2-6-14(13)18(21)19(22)23/h1-2,4-5,7-8,10,12-14,18H,3,6,9H2,(H,22,23)/t10-,12-,13-,14+,18-/m0/s1. The van der Waals surface area contributed by atoms with Crippen molar-refractivity contribution in [1.82, 2.24) is 0 Å². The summed E-state index contributed by atoms with van der Waals surface area (Å²) in [7, 11) is 0. The van der Waals surface area contributed by atoms with Gasteiger partial charge in [0.1, 0.15) is 6.04 Å². The van der Waals surface area contributed by atoms with Gasteiger partial charge in [0, 0.05) is 34.5 Å². The molecule has 1 aromatic rings. The van der Waals surface area contributed by atoms with Gasteiger partial charge in [-0.2, -0.15) is 0 Å². The number of aliphatic carboxylic acids is 1. The minimum Gasteiger partial charge on any atom is -0.480 e. The summed E-state index contributed by atoms with van der Waals surface area (Å²) in [6.07, 6.45) is 10.9. The van der Waals surface area contributed by atoms with E-state index in [0.29, 0.717) is 11.8 Å². The summed E-state index contributed by atoms with van der Waals surface area (Å²) in [6.45, 7) is 0.861. The number of carboxylic acids is 1. The topological polar surface area (TPSA) is 40.5 Å². The second kappa shape index (κ2) is 4.73. The predicted octanol–water partition coefficient (Wildman–Crippen LogP) is 4.06.